The van der Waals surface area contributed by atoms with Crippen LogP contribution in [0.25, 0.3) is 0 Å². The lowest BCUT2D eigenvalue weighted by molar-refractivity contribution is 0.0599. The standard InChI is InChI=1S/C21H27NO4S/c1-15-7-12-18(13-19(15)20(23)26-6)27(24,25)22(5)14-16-8-10-17(11-9-16)21(2,3)4/h7-13H,14H2,1-6H3. The van der Waals surface area contributed by atoms with Crippen molar-refractivity contribution in [3.8, 4) is 0 Å². The van der Waals surface area contributed by atoms with E-state index in [1.807, 2.05) is 24.3 Å². The van der Waals surface area contributed by atoms with E-state index in [2.05, 4.69) is 20.8 Å². The number of hydrogen-bond donors (Lipinski definition) is 0. The lowest BCUT2D eigenvalue weighted by Gasteiger charge is -2.21. The molecule has 0 N–H and O–H groups in total. The van der Waals surface area contributed by atoms with Crippen LogP contribution in [0.4, 0.5) is 0 Å². The second kappa shape index (κ2) is 7.82. The highest BCUT2D eigenvalue weighted by Gasteiger charge is 2.23. The molecule has 2 aromatic rings. The summed E-state index contributed by atoms with van der Waals surface area (Å²) in [4.78, 5) is 11.9. The molecule has 0 atom stereocenters. The van der Waals surface area contributed by atoms with Crippen LogP contribution in [-0.4, -0.2) is 32.8 Å². The first-order chi connectivity index (χ1) is 12.5. The monoisotopic (exact) mass is 389 g/mol. The van der Waals surface area contributed by atoms with Crippen LogP contribution in [0.2, 0.25) is 0 Å². The first-order valence-electron chi connectivity index (χ1n) is 8.71. The van der Waals surface area contributed by atoms with Crippen molar-refractivity contribution in [2.24, 2.45) is 0 Å². The molecule has 0 heterocycles. The average molecular weight is 390 g/mol. The van der Waals surface area contributed by atoms with Gasteiger partial charge in [0, 0.05) is 13.6 Å². The van der Waals surface area contributed by atoms with Gasteiger partial charge in [-0.15, -0.1) is 0 Å². The zero-order valence-electron chi connectivity index (χ0n) is 16.7. The van der Waals surface area contributed by atoms with Gasteiger partial charge in [0.05, 0.1) is 17.6 Å². The van der Waals surface area contributed by atoms with E-state index in [1.54, 1.807) is 13.0 Å². The average Bonchev–Trinajstić information content (AvgIpc) is 2.60. The molecule has 0 fully saturated rings. The van der Waals surface area contributed by atoms with Crippen LogP contribution < -0.4 is 0 Å². The molecule has 2 aromatic carbocycles. The van der Waals surface area contributed by atoms with Crippen LogP contribution in [-0.2, 0) is 26.7 Å². The molecule has 6 heteroatoms. The molecule has 0 aliphatic heterocycles. The van der Waals surface area contributed by atoms with Crippen molar-refractivity contribution in [1.29, 1.82) is 0 Å². The predicted octanol–water partition coefficient (Wildman–Crippen LogP) is 3.90. The van der Waals surface area contributed by atoms with E-state index >= 15 is 0 Å². The molecule has 0 saturated heterocycles. The van der Waals surface area contributed by atoms with Gasteiger partial charge in [-0.2, -0.15) is 4.31 Å². The van der Waals surface area contributed by atoms with Gasteiger partial charge < -0.3 is 4.74 Å². The lowest BCUT2D eigenvalue weighted by Crippen LogP contribution is -2.27. The van der Waals surface area contributed by atoms with Gasteiger partial charge in [-0.3, -0.25) is 0 Å². The zero-order valence-corrected chi connectivity index (χ0v) is 17.6. The number of rotatable bonds is 5. The SMILES string of the molecule is COC(=O)c1cc(S(=O)(=O)N(C)Cc2ccc(C(C)(C)C)cc2)ccc1C. The van der Waals surface area contributed by atoms with Gasteiger partial charge >= 0.3 is 5.97 Å². The number of methoxy groups -OCH3 is 1. The smallest absolute Gasteiger partial charge is 0.338 e. The first kappa shape index (κ1) is 21.1. The Hall–Kier alpha value is -2.18. The van der Waals surface area contributed by atoms with Crippen LogP contribution >= 0.6 is 0 Å². The fourth-order valence-corrected chi connectivity index (χ4v) is 3.91. The third kappa shape index (κ3) is 4.76. The second-order valence-electron chi connectivity index (χ2n) is 7.68. The Labute approximate surface area is 162 Å². The van der Waals surface area contributed by atoms with Gasteiger partial charge in [-0.1, -0.05) is 51.1 Å². The summed E-state index contributed by atoms with van der Waals surface area (Å²) in [6.45, 7) is 8.38. The molecule has 0 radical (unpaired) electrons. The molecule has 5 nitrogen and oxygen atoms in total. The van der Waals surface area contributed by atoms with E-state index in [-0.39, 0.29) is 22.4 Å². The summed E-state index contributed by atoms with van der Waals surface area (Å²) in [5.74, 6) is -0.551. The van der Waals surface area contributed by atoms with E-state index in [0.717, 1.165) is 5.56 Å². The van der Waals surface area contributed by atoms with Crippen LogP contribution in [0.5, 0.6) is 0 Å². The molecule has 146 valence electrons. The third-order valence-electron chi connectivity index (χ3n) is 4.55. The number of hydrogen-bond acceptors (Lipinski definition) is 4. The summed E-state index contributed by atoms with van der Waals surface area (Å²) in [6.07, 6.45) is 0. The maximum absolute atomic E-state index is 12.9. The summed E-state index contributed by atoms with van der Waals surface area (Å²) < 4.78 is 31.8. The van der Waals surface area contributed by atoms with Crippen LogP contribution in [0.3, 0.4) is 0 Å². The van der Waals surface area contributed by atoms with Crippen molar-refractivity contribution in [3.05, 3.63) is 64.7 Å². The Morgan fingerprint density at radius 2 is 1.67 bits per heavy atom. The van der Waals surface area contributed by atoms with Gasteiger partial charge in [0.25, 0.3) is 0 Å². The molecule has 2 rings (SSSR count). The highest BCUT2D eigenvalue weighted by Crippen LogP contribution is 2.24. The number of ether oxygens (including phenoxy) is 1. The highest BCUT2D eigenvalue weighted by atomic mass is 32.2. The van der Waals surface area contributed by atoms with E-state index in [4.69, 9.17) is 4.74 Å². The minimum atomic E-state index is -3.73. The number of carbonyl (C=O) groups excluding carboxylic acids is 1. The lowest BCUT2D eigenvalue weighted by atomic mass is 9.87. The highest BCUT2D eigenvalue weighted by molar-refractivity contribution is 7.89. The predicted molar refractivity (Wildman–Crippen MR) is 106 cm³/mol. The minimum absolute atomic E-state index is 0.0443. The van der Waals surface area contributed by atoms with Crippen molar-refractivity contribution in [3.63, 3.8) is 0 Å². The van der Waals surface area contributed by atoms with Gasteiger partial charge in [0.1, 0.15) is 0 Å². The summed E-state index contributed by atoms with van der Waals surface area (Å²) >= 11 is 0. The second-order valence-corrected chi connectivity index (χ2v) is 9.72. The van der Waals surface area contributed by atoms with E-state index in [0.29, 0.717) is 5.56 Å². The third-order valence-corrected chi connectivity index (χ3v) is 6.35. The van der Waals surface area contributed by atoms with Crippen LogP contribution in [0.15, 0.2) is 47.4 Å². The number of sulfonamides is 1. The number of nitrogens with zero attached hydrogens (tertiary/aromatic N) is 1. The topological polar surface area (TPSA) is 63.7 Å². The van der Waals surface area contributed by atoms with Gasteiger partial charge in [0.15, 0.2) is 0 Å². The van der Waals surface area contributed by atoms with Gasteiger partial charge in [-0.05, 0) is 41.2 Å². The van der Waals surface area contributed by atoms with Crippen LogP contribution in [0.1, 0.15) is 47.8 Å². The van der Waals surface area contributed by atoms with Gasteiger partial charge in [0.2, 0.25) is 10.0 Å². The quantitative estimate of drug-likeness (QED) is 0.728. The largest absolute Gasteiger partial charge is 0.465 e. The van der Waals surface area contributed by atoms with Crippen molar-refractivity contribution in [2.45, 2.75) is 44.6 Å². The number of carbonyl (C=O) groups is 1. The number of benzene rings is 2. The molecular weight excluding hydrogens is 362 g/mol. The fraction of sp³-hybridized carbons (Fsp3) is 0.381. The maximum Gasteiger partial charge on any atom is 0.338 e. The Kier molecular flexibility index (Phi) is 6.12. The molecule has 0 unspecified atom stereocenters. The summed E-state index contributed by atoms with van der Waals surface area (Å²) in [5.41, 5.74) is 3.05. The molecule has 0 aliphatic carbocycles. The Morgan fingerprint density at radius 3 is 2.19 bits per heavy atom. The van der Waals surface area contributed by atoms with Crippen LogP contribution in [0, 0.1) is 6.92 Å². The normalized spacial score (nSPS) is 12.3. The van der Waals surface area contributed by atoms with Crippen molar-refractivity contribution in [1.82, 2.24) is 4.31 Å². The first-order valence-corrected chi connectivity index (χ1v) is 10.2. The van der Waals surface area contributed by atoms with Crippen molar-refractivity contribution >= 4 is 16.0 Å². The molecule has 0 bridgehead atoms. The molecule has 0 amide bonds. The number of aryl methyl sites for hydroxylation is 1. The molecule has 0 aromatic heterocycles. The van der Waals surface area contributed by atoms with Gasteiger partial charge in [-0.25, -0.2) is 13.2 Å². The fourth-order valence-electron chi connectivity index (χ4n) is 2.72. The van der Waals surface area contributed by atoms with E-state index in [9.17, 15) is 13.2 Å². The van der Waals surface area contributed by atoms with Crippen molar-refractivity contribution < 1.29 is 17.9 Å². The minimum Gasteiger partial charge on any atom is -0.465 e. The number of esters is 1. The summed E-state index contributed by atoms with van der Waals surface area (Å²) in [7, 11) is -0.925. The maximum atomic E-state index is 12.9. The summed E-state index contributed by atoms with van der Waals surface area (Å²) in [6, 6.07) is 12.4. The van der Waals surface area contributed by atoms with Crippen molar-refractivity contribution in [2.75, 3.05) is 14.2 Å². The Balaban J connectivity index is 2.27. The summed E-state index contributed by atoms with van der Waals surface area (Å²) in [5, 5.41) is 0. The molecule has 0 aliphatic rings. The van der Waals surface area contributed by atoms with E-state index in [1.165, 1.54) is 36.2 Å². The van der Waals surface area contributed by atoms with E-state index < -0.39 is 16.0 Å². The molecule has 27 heavy (non-hydrogen) atoms. The molecule has 0 spiro atoms. The molecular formula is C21H27NO4S. The Bertz CT molecular complexity index is 926. The molecule has 0 saturated carbocycles. The zero-order chi connectivity index (χ0) is 20.4. The Morgan fingerprint density at radius 1 is 1.07 bits per heavy atom.